The van der Waals surface area contributed by atoms with E-state index in [2.05, 4.69) is 10.3 Å². The molecule has 0 spiro atoms. The van der Waals surface area contributed by atoms with Gasteiger partial charge in [0.1, 0.15) is 12.5 Å². The van der Waals surface area contributed by atoms with Gasteiger partial charge >= 0.3 is 0 Å². The molecule has 0 saturated heterocycles. The normalized spacial score (nSPS) is 23.2. The highest BCUT2D eigenvalue weighted by Gasteiger charge is 2.33. The van der Waals surface area contributed by atoms with Crippen LogP contribution >= 0.6 is 0 Å². The first-order chi connectivity index (χ1) is 10.3. The minimum absolute atomic E-state index is 0.00385. The second-order valence-electron chi connectivity index (χ2n) is 5.96. The van der Waals surface area contributed by atoms with Gasteiger partial charge in [-0.25, -0.2) is 4.98 Å². The van der Waals surface area contributed by atoms with Crippen LogP contribution < -0.4 is 10.1 Å². The van der Waals surface area contributed by atoms with Gasteiger partial charge < -0.3 is 15.2 Å². The van der Waals surface area contributed by atoms with Crippen molar-refractivity contribution in [3.8, 4) is 5.88 Å². The van der Waals surface area contributed by atoms with Crippen molar-refractivity contribution in [2.75, 3.05) is 13.2 Å². The first-order valence-corrected chi connectivity index (χ1v) is 7.78. The molecule has 1 aliphatic carbocycles. The van der Waals surface area contributed by atoms with E-state index in [-0.39, 0.29) is 24.5 Å². The number of fused-ring (bicyclic) bond motifs is 1. The fourth-order valence-electron chi connectivity index (χ4n) is 3.39. The van der Waals surface area contributed by atoms with Crippen LogP contribution in [-0.4, -0.2) is 35.3 Å². The van der Waals surface area contributed by atoms with Gasteiger partial charge in [-0.05, 0) is 24.8 Å². The summed E-state index contributed by atoms with van der Waals surface area (Å²) in [5.74, 6) is 0.567. The summed E-state index contributed by atoms with van der Waals surface area (Å²) in [5, 5.41) is 12.6. The molecule has 21 heavy (non-hydrogen) atoms. The highest BCUT2D eigenvalue weighted by molar-refractivity contribution is 5.85. The summed E-state index contributed by atoms with van der Waals surface area (Å²) in [6.07, 6.45) is 7.48. The number of rotatable bonds is 4. The summed E-state index contributed by atoms with van der Waals surface area (Å²) >= 11 is 0. The maximum atomic E-state index is 12.5. The highest BCUT2D eigenvalue weighted by atomic mass is 16.5. The van der Waals surface area contributed by atoms with Gasteiger partial charge in [-0.15, -0.1) is 0 Å². The SMILES string of the molecule is O=C(N[C@H](CO)C1CCCCC1)[C@H]1COc2ncccc21. The van der Waals surface area contributed by atoms with Gasteiger partial charge in [0, 0.05) is 11.8 Å². The topological polar surface area (TPSA) is 71.5 Å². The summed E-state index contributed by atoms with van der Waals surface area (Å²) < 4.78 is 5.46. The molecule has 1 aromatic rings. The number of aromatic nitrogens is 1. The van der Waals surface area contributed by atoms with Gasteiger partial charge in [0.2, 0.25) is 11.8 Å². The molecule has 0 aromatic carbocycles. The van der Waals surface area contributed by atoms with Crippen molar-refractivity contribution in [2.24, 2.45) is 5.92 Å². The standard InChI is InChI=1S/C16H22N2O3/c19-9-14(11-5-2-1-3-6-11)18-15(20)13-10-21-16-12(13)7-4-8-17-16/h4,7-8,11,13-14,19H,1-3,5-6,9-10H2,(H,18,20)/t13-,14+/m0/s1. The number of carbonyl (C=O) groups is 1. The molecule has 1 fully saturated rings. The van der Waals surface area contributed by atoms with Crippen molar-refractivity contribution < 1.29 is 14.6 Å². The Kier molecular flexibility index (Phi) is 4.39. The minimum atomic E-state index is -0.314. The molecule has 1 aromatic heterocycles. The Labute approximate surface area is 124 Å². The van der Waals surface area contributed by atoms with E-state index in [0.717, 1.165) is 18.4 Å². The fraction of sp³-hybridized carbons (Fsp3) is 0.625. The third kappa shape index (κ3) is 3.02. The Balaban J connectivity index is 1.65. The molecule has 3 rings (SSSR count). The zero-order chi connectivity index (χ0) is 14.7. The van der Waals surface area contributed by atoms with Crippen LogP contribution in [0.5, 0.6) is 5.88 Å². The zero-order valence-electron chi connectivity index (χ0n) is 12.1. The lowest BCUT2D eigenvalue weighted by molar-refractivity contribution is -0.124. The number of pyridine rings is 1. The Bertz CT molecular complexity index is 500. The Hall–Kier alpha value is -1.62. The van der Waals surface area contributed by atoms with Gasteiger partial charge in [-0.1, -0.05) is 25.3 Å². The van der Waals surface area contributed by atoms with Gasteiger partial charge in [0.15, 0.2) is 0 Å². The zero-order valence-corrected chi connectivity index (χ0v) is 12.1. The minimum Gasteiger partial charge on any atom is -0.476 e. The van der Waals surface area contributed by atoms with E-state index < -0.39 is 0 Å². The van der Waals surface area contributed by atoms with E-state index in [0.29, 0.717) is 18.4 Å². The van der Waals surface area contributed by atoms with Crippen molar-refractivity contribution in [1.29, 1.82) is 0 Å². The molecule has 2 atom stereocenters. The molecular weight excluding hydrogens is 268 g/mol. The van der Waals surface area contributed by atoms with Gasteiger partial charge in [0.05, 0.1) is 12.6 Å². The van der Waals surface area contributed by atoms with Crippen LogP contribution in [0.1, 0.15) is 43.6 Å². The Morgan fingerprint density at radius 2 is 2.24 bits per heavy atom. The number of hydrogen-bond acceptors (Lipinski definition) is 4. The molecule has 0 unspecified atom stereocenters. The second-order valence-corrected chi connectivity index (χ2v) is 5.96. The molecule has 0 bridgehead atoms. The van der Waals surface area contributed by atoms with Crippen molar-refractivity contribution in [2.45, 2.75) is 44.1 Å². The quantitative estimate of drug-likeness (QED) is 0.884. The number of hydrogen-bond donors (Lipinski definition) is 2. The van der Waals surface area contributed by atoms with Gasteiger partial charge in [0.25, 0.3) is 0 Å². The monoisotopic (exact) mass is 290 g/mol. The van der Waals surface area contributed by atoms with Crippen LogP contribution in [0, 0.1) is 5.92 Å². The number of ether oxygens (including phenoxy) is 1. The predicted octanol–water partition coefficient (Wildman–Crippen LogP) is 1.61. The van der Waals surface area contributed by atoms with Gasteiger partial charge in [-0.3, -0.25) is 4.79 Å². The number of amides is 1. The highest BCUT2D eigenvalue weighted by Crippen LogP contribution is 2.32. The smallest absolute Gasteiger partial charge is 0.231 e. The third-order valence-corrected chi connectivity index (χ3v) is 4.62. The summed E-state index contributed by atoms with van der Waals surface area (Å²) in [6, 6.07) is 3.56. The third-order valence-electron chi connectivity index (χ3n) is 4.62. The molecular formula is C16H22N2O3. The van der Waals surface area contributed by atoms with Crippen LogP contribution in [0.15, 0.2) is 18.3 Å². The average Bonchev–Trinajstić information content (AvgIpc) is 2.97. The van der Waals surface area contributed by atoms with E-state index >= 15 is 0 Å². The summed E-state index contributed by atoms with van der Waals surface area (Å²) in [5.41, 5.74) is 0.843. The van der Waals surface area contributed by atoms with E-state index in [1.807, 2.05) is 12.1 Å². The van der Waals surface area contributed by atoms with Crippen LogP contribution in [0.2, 0.25) is 0 Å². The average molecular weight is 290 g/mol. The maximum absolute atomic E-state index is 12.5. The number of nitrogens with zero attached hydrogens (tertiary/aromatic N) is 1. The summed E-state index contributed by atoms with van der Waals surface area (Å²) in [4.78, 5) is 16.6. The van der Waals surface area contributed by atoms with Crippen LogP contribution in [-0.2, 0) is 4.79 Å². The Morgan fingerprint density at radius 1 is 1.43 bits per heavy atom. The first-order valence-electron chi connectivity index (χ1n) is 7.78. The second kappa shape index (κ2) is 6.43. The lowest BCUT2D eigenvalue weighted by atomic mass is 9.84. The lowest BCUT2D eigenvalue weighted by Crippen LogP contribution is -2.45. The van der Waals surface area contributed by atoms with Crippen LogP contribution in [0.3, 0.4) is 0 Å². The van der Waals surface area contributed by atoms with E-state index in [4.69, 9.17) is 4.74 Å². The maximum Gasteiger partial charge on any atom is 0.231 e. The Morgan fingerprint density at radius 3 is 3.00 bits per heavy atom. The lowest BCUT2D eigenvalue weighted by Gasteiger charge is -2.30. The molecule has 5 heteroatoms. The van der Waals surface area contributed by atoms with Crippen LogP contribution in [0.25, 0.3) is 0 Å². The molecule has 2 heterocycles. The number of aliphatic hydroxyl groups excluding tert-OH is 1. The van der Waals surface area contributed by atoms with E-state index in [1.54, 1.807) is 6.20 Å². The first kappa shape index (κ1) is 14.3. The molecule has 2 aliphatic rings. The number of nitrogens with one attached hydrogen (secondary N) is 1. The molecule has 2 N–H and O–H groups in total. The van der Waals surface area contributed by atoms with Gasteiger partial charge in [-0.2, -0.15) is 0 Å². The van der Waals surface area contributed by atoms with E-state index in [9.17, 15) is 9.90 Å². The largest absolute Gasteiger partial charge is 0.476 e. The van der Waals surface area contributed by atoms with Crippen molar-refractivity contribution in [3.63, 3.8) is 0 Å². The van der Waals surface area contributed by atoms with Crippen molar-refractivity contribution >= 4 is 5.91 Å². The molecule has 1 saturated carbocycles. The number of aliphatic hydroxyl groups is 1. The molecule has 1 aliphatic heterocycles. The fourth-order valence-corrected chi connectivity index (χ4v) is 3.39. The summed E-state index contributed by atoms with van der Waals surface area (Å²) in [7, 11) is 0. The van der Waals surface area contributed by atoms with Crippen LogP contribution in [0.4, 0.5) is 0 Å². The summed E-state index contributed by atoms with van der Waals surface area (Å²) in [6.45, 7) is 0.338. The molecule has 114 valence electrons. The number of carbonyl (C=O) groups excluding carboxylic acids is 1. The predicted molar refractivity (Wildman–Crippen MR) is 78.1 cm³/mol. The van der Waals surface area contributed by atoms with E-state index in [1.165, 1.54) is 19.3 Å². The van der Waals surface area contributed by atoms with Crippen molar-refractivity contribution in [1.82, 2.24) is 10.3 Å². The molecule has 5 nitrogen and oxygen atoms in total. The molecule has 1 amide bonds. The van der Waals surface area contributed by atoms with Crippen molar-refractivity contribution in [3.05, 3.63) is 23.9 Å². The molecule has 0 radical (unpaired) electrons.